The summed E-state index contributed by atoms with van der Waals surface area (Å²) in [6.45, 7) is 16.6. The smallest absolute Gasteiger partial charge is 0.501 e. The molecule has 0 saturated carbocycles. The van der Waals surface area contributed by atoms with Gasteiger partial charge in [0.15, 0.2) is 0 Å². The van der Waals surface area contributed by atoms with Crippen molar-refractivity contribution < 1.29 is 22.5 Å². The van der Waals surface area contributed by atoms with Crippen molar-refractivity contribution in [3.05, 3.63) is 0 Å². The molecule has 0 spiro atoms. The van der Waals surface area contributed by atoms with Gasteiger partial charge in [0, 0.05) is 25.4 Å². The lowest BCUT2D eigenvalue weighted by atomic mass is 10.3. The Bertz CT molecular complexity index is 380. The largest absolute Gasteiger partial charge is 0.518 e. The Balaban J connectivity index is 4.45. The summed E-state index contributed by atoms with van der Waals surface area (Å²) < 4.78 is 24.0. The molecule has 1 unspecified atom stereocenters. The first-order valence-corrected chi connectivity index (χ1v) is 15.2. The highest BCUT2D eigenvalue weighted by atomic mass is 28.4. The highest BCUT2D eigenvalue weighted by molar-refractivity contribution is 6.74. The van der Waals surface area contributed by atoms with Crippen LogP contribution in [0.2, 0.25) is 24.2 Å². The van der Waals surface area contributed by atoms with E-state index in [2.05, 4.69) is 39.9 Å². The number of carbonyl (C=O) groups excluding carboxylic acids is 1. The minimum atomic E-state index is -2.66. The lowest BCUT2D eigenvalue weighted by molar-refractivity contribution is -0.134. The average molecular weight is 422 g/mol. The maximum Gasteiger partial charge on any atom is 0.501 e. The molecule has 162 valence electrons. The van der Waals surface area contributed by atoms with Gasteiger partial charge in [0.25, 0.3) is 8.32 Å². The van der Waals surface area contributed by atoms with Gasteiger partial charge in [-0.05, 0) is 58.3 Å². The van der Waals surface area contributed by atoms with Crippen LogP contribution < -0.4 is 5.32 Å². The van der Waals surface area contributed by atoms with Gasteiger partial charge in [0.05, 0.1) is 6.54 Å². The van der Waals surface area contributed by atoms with Crippen LogP contribution in [0.5, 0.6) is 0 Å². The van der Waals surface area contributed by atoms with E-state index in [9.17, 15) is 4.79 Å². The second-order valence-electron chi connectivity index (χ2n) is 6.88. The Morgan fingerprint density at radius 3 is 1.96 bits per heavy atom. The van der Waals surface area contributed by atoms with E-state index < -0.39 is 17.1 Å². The molecular weight excluding hydrogens is 378 g/mol. The van der Waals surface area contributed by atoms with Crippen LogP contribution in [0.1, 0.15) is 61.3 Å². The molecule has 0 aliphatic heterocycles. The molecule has 27 heavy (non-hydrogen) atoms. The zero-order valence-electron chi connectivity index (χ0n) is 18.7. The molecule has 1 N–H and O–H groups in total. The standard InChI is InChI=1S/C19H43NO5Si2/c1-8-18(7)24-27(22-9-2,23-10-3)16-14-15-20-17-19(21)25-26(11-4,12-5)13-6/h18,20H,8-17H2,1-7H3. The monoisotopic (exact) mass is 421 g/mol. The lowest BCUT2D eigenvalue weighted by Gasteiger charge is -2.31. The molecule has 8 heteroatoms. The Morgan fingerprint density at radius 2 is 1.52 bits per heavy atom. The minimum Gasteiger partial charge on any atom is -0.518 e. The zero-order valence-corrected chi connectivity index (χ0v) is 20.7. The van der Waals surface area contributed by atoms with E-state index in [4.69, 9.17) is 17.7 Å². The molecule has 0 aromatic carbocycles. The van der Waals surface area contributed by atoms with Gasteiger partial charge in [-0.2, -0.15) is 0 Å². The van der Waals surface area contributed by atoms with Crippen molar-refractivity contribution in [1.82, 2.24) is 5.32 Å². The Morgan fingerprint density at radius 1 is 0.963 bits per heavy atom. The number of carbonyl (C=O) groups is 1. The van der Waals surface area contributed by atoms with E-state index in [0.717, 1.165) is 37.0 Å². The van der Waals surface area contributed by atoms with Crippen LogP contribution >= 0.6 is 0 Å². The van der Waals surface area contributed by atoms with Crippen LogP contribution in [-0.2, 0) is 22.5 Å². The molecule has 0 fully saturated rings. The maximum absolute atomic E-state index is 12.2. The van der Waals surface area contributed by atoms with Gasteiger partial charge in [-0.3, -0.25) is 4.79 Å². The van der Waals surface area contributed by atoms with Gasteiger partial charge in [-0.15, -0.1) is 0 Å². The predicted molar refractivity (Wildman–Crippen MR) is 115 cm³/mol. The normalized spacial score (nSPS) is 13.6. The molecule has 1 atom stereocenters. The van der Waals surface area contributed by atoms with Gasteiger partial charge < -0.3 is 23.0 Å². The third-order valence-corrected chi connectivity index (χ3v) is 12.8. The van der Waals surface area contributed by atoms with Crippen molar-refractivity contribution >= 4 is 23.1 Å². The summed E-state index contributed by atoms with van der Waals surface area (Å²) in [6.07, 6.45) is 1.89. The topological polar surface area (TPSA) is 66.0 Å². The summed E-state index contributed by atoms with van der Waals surface area (Å²) in [4.78, 5) is 12.2. The molecule has 0 amide bonds. The second-order valence-corrected chi connectivity index (χ2v) is 14.3. The number of hydrogen-bond acceptors (Lipinski definition) is 6. The van der Waals surface area contributed by atoms with Crippen molar-refractivity contribution in [1.29, 1.82) is 0 Å². The Labute approximate surface area is 169 Å². The molecule has 0 aromatic rings. The maximum atomic E-state index is 12.2. The summed E-state index contributed by atoms with van der Waals surface area (Å²) in [5, 5.41) is 3.21. The molecule has 0 radical (unpaired) electrons. The average Bonchev–Trinajstić information content (AvgIpc) is 2.66. The van der Waals surface area contributed by atoms with Crippen LogP contribution in [-0.4, -0.2) is 55.5 Å². The summed E-state index contributed by atoms with van der Waals surface area (Å²) in [5.74, 6) is -0.124. The first kappa shape index (κ1) is 26.7. The van der Waals surface area contributed by atoms with Crippen LogP contribution in [0.4, 0.5) is 0 Å². The molecule has 0 bridgehead atoms. The van der Waals surface area contributed by atoms with E-state index in [1.807, 2.05) is 13.8 Å². The fraction of sp³-hybridized carbons (Fsp3) is 0.947. The van der Waals surface area contributed by atoms with Crippen molar-refractivity contribution in [3.8, 4) is 0 Å². The van der Waals surface area contributed by atoms with Crippen molar-refractivity contribution in [2.45, 2.75) is 91.6 Å². The van der Waals surface area contributed by atoms with Crippen LogP contribution in [0.25, 0.3) is 0 Å². The highest BCUT2D eigenvalue weighted by Crippen LogP contribution is 2.22. The molecule has 0 saturated heterocycles. The van der Waals surface area contributed by atoms with Crippen molar-refractivity contribution in [2.75, 3.05) is 26.3 Å². The zero-order chi connectivity index (χ0) is 20.8. The van der Waals surface area contributed by atoms with E-state index in [0.29, 0.717) is 19.8 Å². The Hall–Kier alpha value is -0.256. The van der Waals surface area contributed by atoms with Gasteiger partial charge in [-0.1, -0.05) is 27.7 Å². The molecule has 6 nitrogen and oxygen atoms in total. The summed E-state index contributed by atoms with van der Waals surface area (Å²) in [6, 6.07) is 3.69. The van der Waals surface area contributed by atoms with Crippen molar-refractivity contribution in [3.63, 3.8) is 0 Å². The third kappa shape index (κ3) is 10.2. The number of rotatable bonds is 17. The van der Waals surface area contributed by atoms with Crippen LogP contribution in [0, 0.1) is 0 Å². The molecule has 0 aromatic heterocycles. The van der Waals surface area contributed by atoms with E-state index in [1.165, 1.54) is 0 Å². The van der Waals surface area contributed by atoms with Gasteiger partial charge in [-0.25, -0.2) is 0 Å². The molecular formula is C19H43NO5Si2. The SMILES string of the molecule is CCO[Si](CCCNCC(=O)O[Si](CC)(CC)CC)(OCC)OC(C)CC. The first-order valence-electron chi connectivity index (χ1n) is 10.7. The molecule has 0 aliphatic carbocycles. The first-order chi connectivity index (χ1) is 12.9. The summed E-state index contributed by atoms with van der Waals surface area (Å²) in [7, 11) is -4.53. The second kappa shape index (κ2) is 14.7. The summed E-state index contributed by atoms with van der Waals surface area (Å²) >= 11 is 0. The van der Waals surface area contributed by atoms with Crippen LogP contribution in [0.3, 0.4) is 0 Å². The van der Waals surface area contributed by atoms with Crippen molar-refractivity contribution in [2.24, 2.45) is 0 Å². The van der Waals surface area contributed by atoms with Gasteiger partial charge >= 0.3 is 14.8 Å². The highest BCUT2D eigenvalue weighted by Gasteiger charge is 2.41. The fourth-order valence-electron chi connectivity index (χ4n) is 3.01. The quantitative estimate of drug-likeness (QED) is 0.278. The van der Waals surface area contributed by atoms with E-state index >= 15 is 0 Å². The number of nitrogens with one attached hydrogen (secondary N) is 1. The van der Waals surface area contributed by atoms with Crippen LogP contribution in [0.15, 0.2) is 0 Å². The van der Waals surface area contributed by atoms with Gasteiger partial charge in [0.2, 0.25) is 0 Å². The number of hydrogen-bond donors (Lipinski definition) is 1. The Kier molecular flexibility index (Phi) is 14.6. The lowest BCUT2D eigenvalue weighted by Crippen LogP contribution is -2.48. The third-order valence-electron chi connectivity index (χ3n) is 5.05. The van der Waals surface area contributed by atoms with Gasteiger partial charge in [0.1, 0.15) is 0 Å². The molecule has 0 heterocycles. The fourth-order valence-corrected chi connectivity index (χ4v) is 8.39. The van der Waals surface area contributed by atoms with E-state index in [1.54, 1.807) is 0 Å². The van der Waals surface area contributed by atoms with E-state index in [-0.39, 0.29) is 18.6 Å². The minimum absolute atomic E-state index is 0.118. The molecule has 0 rings (SSSR count). The summed E-state index contributed by atoms with van der Waals surface area (Å²) in [5.41, 5.74) is 0. The predicted octanol–water partition coefficient (Wildman–Crippen LogP) is 4.34. The molecule has 0 aliphatic rings.